The van der Waals surface area contributed by atoms with Crippen LogP contribution in [-0.2, 0) is 6.42 Å². The zero-order chi connectivity index (χ0) is 13.5. The molecule has 0 fully saturated rings. The van der Waals surface area contributed by atoms with E-state index in [1.54, 1.807) is 0 Å². The largest absolute Gasteiger partial charge is 0.352 e. The Morgan fingerprint density at radius 3 is 2.79 bits per heavy atom. The van der Waals surface area contributed by atoms with Crippen LogP contribution in [0, 0.1) is 11.3 Å². The first-order valence-electron chi connectivity index (χ1n) is 5.97. The maximum absolute atomic E-state index is 11.9. The minimum absolute atomic E-state index is 0.263. The number of nitrogens with zero attached hydrogens (tertiary/aromatic N) is 2. The summed E-state index contributed by atoms with van der Waals surface area (Å²) in [4.78, 5) is 15.8. The van der Waals surface area contributed by atoms with E-state index in [-0.39, 0.29) is 5.91 Å². The van der Waals surface area contributed by atoms with Gasteiger partial charge in [-0.3, -0.25) is 9.78 Å². The summed E-state index contributed by atoms with van der Waals surface area (Å²) in [5.41, 5.74) is 1.82. The highest BCUT2D eigenvalue weighted by Gasteiger charge is 2.10. The minimum Gasteiger partial charge on any atom is -0.352 e. The number of carbonyl (C=O) groups excluding carboxylic acids is 1. The van der Waals surface area contributed by atoms with Crippen molar-refractivity contribution < 1.29 is 4.79 Å². The molecule has 0 saturated carbocycles. The van der Waals surface area contributed by atoms with Crippen molar-refractivity contribution in [2.45, 2.75) is 6.42 Å². The van der Waals surface area contributed by atoms with Gasteiger partial charge in [0.25, 0.3) is 5.91 Å². The summed E-state index contributed by atoms with van der Waals surface area (Å²) < 4.78 is 0. The highest BCUT2D eigenvalue weighted by Crippen LogP contribution is 2.05. The molecule has 0 atom stereocenters. The van der Waals surface area contributed by atoms with Crippen LogP contribution in [0.1, 0.15) is 21.5 Å². The Balaban J connectivity index is 1.93. The molecule has 0 saturated heterocycles. The molecule has 19 heavy (non-hydrogen) atoms. The summed E-state index contributed by atoms with van der Waals surface area (Å²) in [5.74, 6) is -0.263. The smallest absolute Gasteiger partial charge is 0.254 e. The summed E-state index contributed by atoms with van der Waals surface area (Å²) in [6.07, 6.45) is 3.67. The van der Waals surface area contributed by atoms with E-state index in [1.807, 2.05) is 36.4 Å². The molecule has 4 nitrogen and oxygen atoms in total. The summed E-state index contributed by atoms with van der Waals surface area (Å²) in [5, 5.41) is 11.7. The normalized spacial score (nSPS) is 9.63. The standard InChI is InChI=1S/C15H13N3O/c16-10-13-7-8-17-11-14(13)15(19)18-9-6-12-4-2-1-3-5-12/h1-5,7-8,11H,6,9H2,(H,18,19). The second kappa shape index (κ2) is 6.31. The summed E-state index contributed by atoms with van der Waals surface area (Å²) in [6, 6.07) is 13.4. The number of nitriles is 1. The third kappa shape index (κ3) is 3.39. The Morgan fingerprint density at radius 1 is 1.26 bits per heavy atom. The third-order valence-electron chi connectivity index (χ3n) is 2.73. The van der Waals surface area contributed by atoms with Crippen molar-refractivity contribution in [1.82, 2.24) is 10.3 Å². The Morgan fingerprint density at radius 2 is 2.05 bits per heavy atom. The quantitative estimate of drug-likeness (QED) is 0.902. The van der Waals surface area contributed by atoms with Crippen LogP contribution in [-0.4, -0.2) is 17.4 Å². The average Bonchev–Trinajstić information content (AvgIpc) is 2.48. The van der Waals surface area contributed by atoms with Gasteiger partial charge >= 0.3 is 0 Å². The van der Waals surface area contributed by atoms with Gasteiger partial charge in [0.2, 0.25) is 0 Å². The molecule has 1 aromatic carbocycles. The van der Waals surface area contributed by atoms with Crippen molar-refractivity contribution >= 4 is 5.91 Å². The number of benzene rings is 1. The monoisotopic (exact) mass is 251 g/mol. The van der Waals surface area contributed by atoms with Gasteiger partial charge in [-0.1, -0.05) is 30.3 Å². The van der Waals surface area contributed by atoms with Crippen molar-refractivity contribution in [3.63, 3.8) is 0 Å². The molecule has 94 valence electrons. The molecule has 2 aromatic rings. The molecule has 4 heteroatoms. The van der Waals surface area contributed by atoms with Gasteiger partial charge in [-0.15, -0.1) is 0 Å². The first-order chi connectivity index (χ1) is 9.31. The number of carbonyl (C=O) groups is 1. The predicted molar refractivity (Wildman–Crippen MR) is 71.4 cm³/mol. The lowest BCUT2D eigenvalue weighted by molar-refractivity contribution is 0.0953. The second-order valence-corrected chi connectivity index (χ2v) is 4.02. The van der Waals surface area contributed by atoms with E-state index in [2.05, 4.69) is 10.3 Å². The van der Waals surface area contributed by atoms with Gasteiger partial charge in [0, 0.05) is 18.9 Å². The van der Waals surface area contributed by atoms with E-state index in [1.165, 1.54) is 18.5 Å². The number of hydrogen-bond acceptors (Lipinski definition) is 3. The number of amides is 1. The third-order valence-corrected chi connectivity index (χ3v) is 2.73. The Labute approximate surface area is 111 Å². The van der Waals surface area contributed by atoms with Crippen molar-refractivity contribution in [2.24, 2.45) is 0 Å². The van der Waals surface area contributed by atoms with E-state index < -0.39 is 0 Å². The van der Waals surface area contributed by atoms with E-state index in [0.717, 1.165) is 12.0 Å². The highest BCUT2D eigenvalue weighted by molar-refractivity contribution is 5.96. The van der Waals surface area contributed by atoms with Crippen LogP contribution in [0.2, 0.25) is 0 Å². The average molecular weight is 251 g/mol. The fourth-order valence-corrected chi connectivity index (χ4v) is 1.73. The molecule has 0 radical (unpaired) electrons. The van der Waals surface area contributed by atoms with Gasteiger partial charge in [0.05, 0.1) is 11.1 Å². The lowest BCUT2D eigenvalue weighted by Crippen LogP contribution is -2.26. The first kappa shape index (κ1) is 12.8. The zero-order valence-electron chi connectivity index (χ0n) is 10.3. The van der Waals surface area contributed by atoms with Gasteiger partial charge in [-0.2, -0.15) is 5.26 Å². The molecule has 1 amide bonds. The maximum Gasteiger partial charge on any atom is 0.254 e. The van der Waals surface area contributed by atoms with Crippen LogP contribution in [0.5, 0.6) is 0 Å². The molecule has 0 aliphatic heterocycles. The van der Waals surface area contributed by atoms with E-state index in [4.69, 9.17) is 5.26 Å². The molecule has 1 heterocycles. The highest BCUT2D eigenvalue weighted by atomic mass is 16.1. The number of nitrogens with one attached hydrogen (secondary N) is 1. The van der Waals surface area contributed by atoms with E-state index >= 15 is 0 Å². The number of hydrogen-bond donors (Lipinski definition) is 1. The molecular formula is C15H13N3O. The van der Waals surface area contributed by atoms with Crippen molar-refractivity contribution in [1.29, 1.82) is 5.26 Å². The van der Waals surface area contributed by atoms with Crippen molar-refractivity contribution in [3.8, 4) is 6.07 Å². The van der Waals surface area contributed by atoms with Gasteiger partial charge in [0.1, 0.15) is 6.07 Å². The Kier molecular flexibility index (Phi) is 4.25. The number of rotatable bonds is 4. The lowest BCUT2D eigenvalue weighted by Gasteiger charge is -2.06. The molecule has 0 bridgehead atoms. The van der Waals surface area contributed by atoms with Crippen LogP contribution in [0.15, 0.2) is 48.8 Å². The minimum atomic E-state index is -0.263. The summed E-state index contributed by atoms with van der Waals surface area (Å²) >= 11 is 0. The molecule has 0 spiro atoms. The Bertz CT molecular complexity index is 602. The molecule has 2 rings (SSSR count). The molecular weight excluding hydrogens is 238 g/mol. The topological polar surface area (TPSA) is 65.8 Å². The molecule has 0 unspecified atom stereocenters. The van der Waals surface area contributed by atoms with Crippen molar-refractivity contribution in [2.75, 3.05) is 6.54 Å². The SMILES string of the molecule is N#Cc1ccncc1C(=O)NCCc1ccccc1. The van der Waals surface area contributed by atoms with Crippen LogP contribution in [0.4, 0.5) is 0 Å². The predicted octanol–water partition coefficient (Wildman–Crippen LogP) is 1.93. The van der Waals surface area contributed by atoms with E-state index in [0.29, 0.717) is 17.7 Å². The van der Waals surface area contributed by atoms with Gasteiger partial charge < -0.3 is 5.32 Å². The van der Waals surface area contributed by atoms with Gasteiger partial charge in [-0.25, -0.2) is 0 Å². The molecule has 0 aliphatic rings. The summed E-state index contributed by atoms with van der Waals surface area (Å²) in [7, 11) is 0. The summed E-state index contributed by atoms with van der Waals surface area (Å²) in [6.45, 7) is 0.530. The van der Waals surface area contributed by atoms with Crippen LogP contribution in [0.25, 0.3) is 0 Å². The lowest BCUT2D eigenvalue weighted by atomic mass is 10.1. The fourth-order valence-electron chi connectivity index (χ4n) is 1.73. The van der Waals surface area contributed by atoms with Crippen molar-refractivity contribution in [3.05, 3.63) is 65.5 Å². The Hall–Kier alpha value is -2.67. The molecule has 1 N–H and O–H groups in total. The van der Waals surface area contributed by atoms with Gasteiger partial charge in [0.15, 0.2) is 0 Å². The zero-order valence-corrected chi connectivity index (χ0v) is 10.3. The number of pyridine rings is 1. The van der Waals surface area contributed by atoms with E-state index in [9.17, 15) is 4.79 Å². The first-order valence-corrected chi connectivity index (χ1v) is 5.97. The maximum atomic E-state index is 11.9. The molecule has 1 aromatic heterocycles. The van der Waals surface area contributed by atoms with Crippen LogP contribution in [0.3, 0.4) is 0 Å². The number of aromatic nitrogens is 1. The molecule has 0 aliphatic carbocycles. The second-order valence-electron chi connectivity index (χ2n) is 4.02. The van der Waals surface area contributed by atoms with Crippen LogP contribution >= 0.6 is 0 Å². The fraction of sp³-hybridized carbons (Fsp3) is 0.133. The van der Waals surface area contributed by atoms with Crippen LogP contribution < -0.4 is 5.32 Å². The van der Waals surface area contributed by atoms with Gasteiger partial charge in [-0.05, 0) is 18.1 Å².